The minimum atomic E-state index is -0.234. The van der Waals surface area contributed by atoms with Crippen LogP contribution in [0.3, 0.4) is 0 Å². The quantitative estimate of drug-likeness (QED) is 0.762. The number of anilines is 4. The second kappa shape index (κ2) is 9.31. The van der Waals surface area contributed by atoms with E-state index < -0.39 is 0 Å². The number of likely N-dealkylation sites (N-methyl/N-ethyl adjacent to an activating group) is 1. The van der Waals surface area contributed by atoms with Crippen LogP contribution in [0.15, 0.2) is 36.4 Å². The van der Waals surface area contributed by atoms with Crippen molar-refractivity contribution >= 4 is 28.9 Å². The molecule has 0 radical (unpaired) electrons. The monoisotopic (exact) mass is 449 g/mol. The van der Waals surface area contributed by atoms with Crippen LogP contribution in [-0.2, 0) is 9.53 Å². The third kappa shape index (κ3) is 4.44. The molecule has 0 aliphatic carbocycles. The zero-order valence-corrected chi connectivity index (χ0v) is 20.0. The molecule has 3 aliphatic rings. The van der Waals surface area contributed by atoms with Crippen molar-refractivity contribution in [2.24, 2.45) is 0 Å². The molecular formula is C26H35N5O2. The number of rotatable bonds is 4. The normalized spacial score (nSPS) is 23.0. The number of hydrogen-bond donors (Lipinski definition) is 1. The lowest BCUT2D eigenvalue weighted by molar-refractivity contribution is -0.119. The van der Waals surface area contributed by atoms with Crippen molar-refractivity contribution in [3.05, 3.63) is 42.0 Å². The minimum absolute atomic E-state index is 0.112. The van der Waals surface area contributed by atoms with Gasteiger partial charge in [-0.3, -0.25) is 4.79 Å². The Labute approximate surface area is 196 Å². The standard InChI is InChI=1S/C26H35N5O2/c1-18-26(32)30(3)23-8-9-24(28-25(23)31(18)22-12-16-33-17-13-22)27-21-6-4-19(5-7-21)20-10-14-29(2)15-11-20/h4-9,18,20,22H,10-17H2,1-3H3,(H,27,28)/t18-/m0/s1. The lowest BCUT2D eigenvalue weighted by atomic mass is 9.89. The average Bonchev–Trinajstić information content (AvgIpc) is 2.84. The highest BCUT2D eigenvalue weighted by atomic mass is 16.5. The summed E-state index contributed by atoms with van der Waals surface area (Å²) in [6.07, 6.45) is 4.28. The van der Waals surface area contributed by atoms with E-state index >= 15 is 0 Å². The largest absolute Gasteiger partial charge is 0.381 e. The summed E-state index contributed by atoms with van der Waals surface area (Å²) in [5.41, 5.74) is 3.32. The number of amides is 1. The maximum atomic E-state index is 12.9. The van der Waals surface area contributed by atoms with Crippen molar-refractivity contribution in [2.75, 3.05) is 55.5 Å². The molecule has 7 nitrogen and oxygen atoms in total. The van der Waals surface area contributed by atoms with Gasteiger partial charge >= 0.3 is 0 Å². The molecule has 3 aliphatic heterocycles. The number of nitrogens with zero attached hydrogens (tertiary/aromatic N) is 4. The van der Waals surface area contributed by atoms with Crippen LogP contribution in [0.2, 0.25) is 0 Å². The first-order chi connectivity index (χ1) is 16.0. The molecule has 4 heterocycles. The molecule has 5 rings (SSSR count). The van der Waals surface area contributed by atoms with E-state index in [9.17, 15) is 4.79 Å². The highest BCUT2D eigenvalue weighted by molar-refractivity contribution is 6.04. The number of piperidine rings is 1. The zero-order valence-electron chi connectivity index (χ0n) is 20.0. The number of carbonyl (C=O) groups is 1. The van der Waals surface area contributed by atoms with E-state index in [0.29, 0.717) is 5.92 Å². The fourth-order valence-electron chi connectivity index (χ4n) is 5.44. The summed E-state index contributed by atoms with van der Waals surface area (Å²) in [5, 5.41) is 3.48. The molecule has 2 fully saturated rings. The van der Waals surface area contributed by atoms with E-state index in [1.54, 1.807) is 4.90 Å². The van der Waals surface area contributed by atoms with Gasteiger partial charge in [-0.25, -0.2) is 4.98 Å². The first-order valence-corrected chi connectivity index (χ1v) is 12.2. The topological polar surface area (TPSA) is 60.9 Å². The summed E-state index contributed by atoms with van der Waals surface area (Å²) in [5.74, 6) is 2.44. The number of carbonyl (C=O) groups excluding carboxylic acids is 1. The van der Waals surface area contributed by atoms with Crippen LogP contribution in [0.25, 0.3) is 0 Å². The van der Waals surface area contributed by atoms with Gasteiger partial charge < -0.3 is 24.8 Å². The van der Waals surface area contributed by atoms with Crippen LogP contribution in [0.1, 0.15) is 44.1 Å². The van der Waals surface area contributed by atoms with E-state index in [1.807, 2.05) is 26.1 Å². The smallest absolute Gasteiger partial charge is 0.249 e. The summed E-state index contributed by atoms with van der Waals surface area (Å²) in [6.45, 7) is 5.79. The molecule has 0 bridgehead atoms. The molecule has 7 heteroatoms. The highest BCUT2D eigenvalue weighted by Gasteiger charge is 2.39. The van der Waals surface area contributed by atoms with Crippen LogP contribution >= 0.6 is 0 Å². The third-order valence-electron chi connectivity index (χ3n) is 7.52. The number of benzene rings is 1. The maximum Gasteiger partial charge on any atom is 0.249 e. The first-order valence-electron chi connectivity index (χ1n) is 12.2. The molecule has 176 valence electrons. The number of ether oxygens (including phenoxy) is 1. The van der Waals surface area contributed by atoms with Crippen LogP contribution in [0.4, 0.5) is 23.0 Å². The van der Waals surface area contributed by atoms with Gasteiger partial charge in [0.2, 0.25) is 5.91 Å². The van der Waals surface area contributed by atoms with Crippen molar-refractivity contribution in [3.8, 4) is 0 Å². The Balaban J connectivity index is 1.37. The Kier molecular flexibility index (Phi) is 6.25. The molecule has 1 aromatic heterocycles. The molecule has 2 aromatic rings. The second-order valence-corrected chi connectivity index (χ2v) is 9.69. The minimum Gasteiger partial charge on any atom is -0.381 e. The molecule has 1 atom stereocenters. The summed E-state index contributed by atoms with van der Waals surface area (Å²) in [7, 11) is 4.04. The Morgan fingerprint density at radius 3 is 2.36 bits per heavy atom. The van der Waals surface area contributed by atoms with E-state index in [1.165, 1.54) is 31.5 Å². The molecule has 1 aromatic carbocycles. The van der Waals surface area contributed by atoms with E-state index in [4.69, 9.17) is 9.72 Å². The number of aromatic nitrogens is 1. The number of hydrogen-bond acceptors (Lipinski definition) is 6. The van der Waals surface area contributed by atoms with Crippen LogP contribution in [0.5, 0.6) is 0 Å². The molecule has 0 spiro atoms. The fraction of sp³-hybridized carbons (Fsp3) is 0.538. The zero-order chi connectivity index (χ0) is 22.9. The molecular weight excluding hydrogens is 414 g/mol. The van der Waals surface area contributed by atoms with Gasteiger partial charge in [-0.05, 0) is 88.5 Å². The van der Waals surface area contributed by atoms with Gasteiger partial charge in [0.15, 0.2) is 5.82 Å². The predicted octanol–water partition coefficient (Wildman–Crippen LogP) is 3.98. The summed E-state index contributed by atoms with van der Waals surface area (Å²) in [6, 6.07) is 12.8. The van der Waals surface area contributed by atoms with Gasteiger partial charge in [-0.2, -0.15) is 0 Å². The first kappa shape index (κ1) is 22.2. The van der Waals surface area contributed by atoms with E-state index in [2.05, 4.69) is 46.4 Å². The summed E-state index contributed by atoms with van der Waals surface area (Å²) in [4.78, 5) is 24.3. The Bertz CT molecular complexity index is 981. The van der Waals surface area contributed by atoms with Crippen molar-refractivity contribution in [1.29, 1.82) is 0 Å². The van der Waals surface area contributed by atoms with Gasteiger partial charge in [0, 0.05) is 32.0 Å². The summed E-state index contributed by atoms with van der Waals surface area (Å²) < 4.78 is 5.57. The van der Waals surface area contributed by atoms with Gasteiger partial charge in [-0.1, -0.05) is 12.1 Å². The van der Waals surface area contributed by atoms with Crippen LogP contribution in [-0.4, -0.2) is 68.3 Å². The molecule has 0 unspecified atom stereocenters. The third-order valence-corrected chi connectivity index (χ3v) is 7.52. The highest BCUT2D eigenvalue weighted by Crippen LogP contribution is 2.38. The van der Waals surface area contributed by atoms with Crippen molar-refractivity contribution < 1.29 is 9.53 Å². The molecule has 1 N–H and O–H groups in total. The fourth-order valence-corrected chi connectivity index (χ4v) is 5.44. The van der Waals surface area contributed by atoms with Crippen molar-refractivity contribution in [3.63, 3.8) is 0 Å². The maximum absolute atomic E-state index is 12.9. The average molecular weight is 450 g/mol. The molecule has 33 heavy (non-hydrogen) atoms. The Morgan fingerprint density at radius 1 is 0.970 bits per heavy atom. The predicted molar refractivity (Wildman–Crippen MR) is 133 cm³/mol. The lowest BCUT2D eigenvalue weighted by Crippen LogP contribution is -2.56. The number of likely N-dealkylation sites (tertiary alicyclic amines) is 1. The molecule has 0 saturated carbocycles. The number of fused-ring (bicyclic) bond motifs is 1. The lowest BCUT2D eigenvalue weighted by Gasteiger charge is -2.44. The second-order valence-electron chi connectivity index (χ2n) is 9.69. The summed E-state index contributed by atoms with van der Waals surface area (Å²) >= 11 is 0. The van der Waals surface area contributed by atoms with Gasteiger partial charge in [-0.15, -0.1) is 0 Å². The molecule has 2 saturated heterocycles. The van der Waals surface area contributed by atoms with E-state index in [0.717, 1.165) is 49.1 Å². The van der Waals surface area contributed by atoms with Crippen LogP contribution in [0, 0.1) is 0 Å². The van der Waals surface area contributed by atoms with Crippen molar-refractivity contribution in [2.45, 2.75) is 50.6 Å². The Hall–Kier alpha value is -2.64. The number of pyridine rings is 1. The van der Waals surface area contributed by atoms with Crippen molar-refractivity contribution in [1.82, 2.24) is 9.88 Å². The number of nitrogens with one attached hydrogen (secondary N) is 1. The SMILES string of the molecule is C[C@H]1C(=O)N(C)c2ccc(Nc3ccc(C4CCN(C)CC4)cc3)nc2N1C1CCOCC1. The Morgan fingerprint density at radius 2 is 1.67 bits per heavy atom. The van der Waals surface area contributed by atoms with Gasteiger partial charge in [0.25, 0.3) is 0 Å². The van der Waals surface area contributed by atoms with Crippen LogP contribution < -0.4 is 15.1 Å². The molecule has 1 amide bonds. The van der Waals surface area contributed by atoms with Gasteiger partial charge in [0.05, 0.1) is 5.69 Å². The van der Waals surface area contributed by atoms with Gasteiger partial charge in [0.1, 0.15) is 11.9 Å². The van der Waals surface area contributed by atoms with E-state index in [-0.39, 0.29) is 18.0 Å².